The lowest BCUT2D eigenvalue weighted by Gasteiger charge is -2.29. The first-order chi connectivity index (χ1) is 14.8. The molecule has 6 nitrogen and oxygen atoms in total. The molecule has 0 saturated heterocycles. The van der Waals surface area contributed by atoms with Crippen molar-refractivity contribution in [2.24, 2.45) is 0 Å². The highest BCUT2D eigenvalue weighted by atomic mass is 16.7. The van der Waals surface area contributed by atoms with Crippen molar-refractivity contribution < 1.29 is 28.5 Å². The summed E-state index contributed by atoms with van der Waals surface area (Å²) in [6.45, 7) is 10.4. The maximum absolute atomic E-state index is 12.0. The van der Waals surface area contributed by atoms with Crippen LogP contribution in [0.15, 0.2) is 49.1 Å². The van der Waals surface area contributed by atoms with Gasteiger partial charge in [0.25, 0.3) is 0 Å². The molecule has 0 fully saturated rings. The van der Waals surface area contributed by atoms with E-state index in [2.05, 4.69) is 12.7 Å². The van der Waals surface area contributed by atoms with E-state index in [0.29, 0.717) is 26.1 Å². The molecule has 1 heterocycles. The van der Waals surface area contributed by atoms with E-state index in [1.165, 1.54) is 0 Å². The number of carbonyl (C=O) groups excluding carboxylic acids is 1. The molecule has 0 N–H and O–H groups in total. The van der Waals surface area contributed by atoms with Crippen LogP contribution in [0.3, 0.4) is 0 Å². The fraction of sp³-hybridized carbons (Fsp3) is 0.560. The lowest BCUT2D eigenvalue weighted by Crippen LogP contribution is -2.32. The summed E-state index contributed by atoms with van der Waals surface area (Å²) in [6, 6.07) is 7.85. The van der Waals surface area contributed by atoms with Crippen molar-refractivity contribution in [3.05, 3.63) is 54.6 Å². The van der Waals surface area contributed by atoms with Gasteiger partial charge in [-0.1, -0.05) is 30.4 Å². The zero-order valence-electron chi connectivity index (χ0n) is 19.2. The number of carbonyl (C=O) groups is 1. The minimum Gasteiger partial charge on any atom is -0.497 e. The molecule has 0 bridgehead atoms. The van der Waals surface area contributed by atoms with Crippen molar-refractivity contribution in [2.75, 3.05) is 13.7 Å². The van der Waals surface area contributed by atoms with E-state index in [4.69, 9.17) is 23.7 Å². The Morgan fingerprint density at radius 1 is 1.29 bits per heavy atom. The Balaban J connectivity index is 1.74. The Labute approximate surface area is 186 Å². The van der Waals surface area contributed by atoms with Gasteiger partial charge in [-0.05, 0) is 51.3 Å². The fourth-order valence-corrected chi connectivity index (χ4v) is 3.22. The summed E-state index contributed by atoms with van der Waals surface area (Å²) >= 11 is 0. The average Bonchev–Trinajstić information content (AvgIpc) is 2.71. The average molecular weight is 433 g/mol. The number of benzene rings is 1. The number of hydrogen-bond donors (Lipinski definition) is 0. The molecule has 0 spiro atoms. The maximum atomic E-state index is 12.0. The molecule has 3 atom stereocenters. The van der Waals surface area contributed by atoms with Crippen molar-refractivity contribution in [3.63, 3.8) is 0 Å². The first-order valence-electron chi connectivity index (χ1n) is 10.8. The summed E-state index contributed by atoms with van der Waals surface area (Å²) in [6.07, 6.45) is 7.61. The Morgan fingerprint density at radius 3 is 2.68 bits per heavy atom. The highest BCUT2D eigenvalue weighted by Gasteiger charge is 2.25. The van der Waals surface area contributed by atoms with Gasteiger partial charge in [0.05, 0.1) is 25.9 Å². The maximum Gasteiger partial charge on any atom is 0.509 e. The van der Waals surface area contributed by atoms with Crippen LogP contribution in [0, 0.1) is 0 Å². The molecule has 1 aromatic carbocycles. The molecule has 1 aromatic rings. The topological polar surface area (TPSA) is 63.2 Å². The molecule has 1 aliphatic heterocycles. The third kappa shape index (κ3) is 10.0. The SMILES string of the molecule is C=CC[C@H](C[C@@H]1C=CC[C@@H](CCOCc2ccc(OC)cc2)O1)OC(=O)OC(C)(C)C. The van der Waals surface area contributed by atoms with Crippen molar-refractivity contribution in [1.82, 2.24) is 0 Å². The molecule has 2 rings (SSSR count). The van der Waals surface area contributed by atoms with Crippen LogP contribution in [0.1, 0.15) is 52.0 Å². The van der Waals surface area contributed by atoms with Crippen LogP contribution < -0.4 is 4.74 Å². The third-order valence-electron chi connectivity index (χ3n) is 4.71. The van der Waals surface area contributed by atoms with Gasteiger partial charge in [0.1, 0.15) is 17.5 Å². The molecular formula is C25H36O6. The smallest absolute Gasteiger partial charge is 0.497 e. The van der Waals surface area contributed by atoms with Crippen molar-refractivity contribution >= 4 is 6.16 Å². The van der Waals surface area contributed by atoms with Crippen LogP contribution in [0.4, 0.5) is 4.79 Å². The Hall–Kier alpha value is -2.31. The molecule has 6 heteroatoms. The van der Waals surface area contributed by atoms with Crippen LogP contribution in [0.25, 0.3) is 0 Å². The van der Waals surface area contributed by atoms with Gasteiger partial charge in [0.2, 0.25) is 0 Å². The predicted molar refractivity (Wildman–Crippen MR) is 120 cm³/mol. The summed E-state index contributed by atoms with van der Waals surface area (Å²) in [5.74, 6) is 0.836. The predicted octanol–water partition coefficient (Wildman–Crippen LogP) is 5.60. The fourth-order valence-electron chi connectivity index (χ4n) is 3.22. The van der Waals surface area contributed by atoms with Crippen LogP contribution in [0.5, 0.6) is 5.75 Å². The second-order valence-electron chi connectivity index (χ2n) is 8.61. The monoisotopic (exact) mass is 432 g/mol. The lowest BCUT2D eigenvalue weighted by atomic mass is 10.0. The minimum absolute atomic E-state index is 0.0803. The van der Waals surface area contributed by atoms with Gasteiger partial charge in [-0.2, -0.15) is 0 Å². The number of rotatable bonds is 11. The first kappa shape index (κ1) is 25.0. The Morgan fingerprint density at radius 2 is 2.03 bits per heavy atom. The van der Waals surface area contributed by atoms with Gasteiger partial charge in [-0.15, -0.1) is 6.58 Å². The zero-order valence-corrected chi connectivity index (χ0v) is 19.2. The summed E-state index contributed by atoms with van der Waals surface area (Å²) in [5.41, 5.74) is 0.517. The molecule has 0 unspecified atom stereocenters. The van der Waals surface area contributed by atoms with E-state index in [1.807, 2.05) is 51.1 Å². The quantitative estimate of drug-likeness (QED) is 0.258. The van der Waals surface area contributed by atoms with Gasteiger partial charge >= 0.3 is 6.16 Å². The lowest BCUT2D eigenvalue weighted by molar-refractivity contribution is -0.0559. The molecule has 0 aliphatic carbocycles. The van der Waals surface area contributed by atoms with E-state index >= 15 is 0 Å². The zero-order chi connectivity index (χ0) is 22.7. The van der Waals surface area contributed by atoms with Crippen molar-refractivity contribution in [1.29, 1.82) is 0 Å². The molecule has 1 aliphatic rings. The summed E-state index contributed by atoms with van der Waals surface area (Å²) < 4.78 is 27.9. The van der Waals surface area contributed by atoms with Crippen molar-refractivity contribution in [3.8, 4) is 5.75 Å². The first-order valence-corrected chi connectivity index (χ1v) is 10.8. The number of ether oxygens (including phenoxy) is 5. The van der Waals surface area contributed by atoms with E-state index < -0.39 is 11.8 Å². The van der Waals surface area contributed by atoms with Crippen LogP contribution in [-0.4, -0.2) is 43.8 Å². The number of methoxy groups -OCH3 is 1. The minimum atomic E-state index is -0.664. The van der Waals surface area contributed by atoms with Crippen molar-refractivity contribution in [2.45, 2.75) is 77.0 Å². The normalized spacial score (nSPS) is 19.5. The van der Waals surface area contributed by atoms with E-state index in [-0.39, 0.29) is 18.3 Å². The standard InChI is InChI=1S/C25H36O6/c1-6-8-22(30-24(26)31-25(2,3)4)17-23-10-7-9-21(29-23)15-16-28-18-19-11-13-20(27-5)14-12-19/h6-7,10-14,21-23H,1,8-9,15-18H2,2-5H3/t21-,22+,23-/m0/s1. The van der Waals surface area contributed by atoms with Crippen LogP contribution >= 0.6 is 0 Å². The molecule has 31 heavy (non-hydrogen) atoms. The third-order valence-corrected chi connectivity index (χ3v) is 4.71. The van der Waals surface area contributed by atoms with Gasteiger partial charge in [-0.25, -0.2) is 4.79 Å². The van der Waals surface area contributed by atoms with E-state index in [9.17, 15) is 4.79 Å². The Bertz CT molecular complexity index is 704. The van der Waals surface area contributed by atoms with Gasteiger partial charge in [-0.3, -0.25) is 0 Å². The molecule has 0 amide bonds. The molecule has 0 aromatic heterocycles. The summed E-state index contributed by atoms with van der Waals surface area (Å²) in [4.78, 5) is 12.0. The Kier molecular flexibility index (Phi) is 10.1. The van der Waals surface area contributed by atoms with Gasteiger partial charge < -0.3 is 23.7 Å². The highest BCUT2D eigenvalue weighted by Crippen LogP contribution is 2.22. The second-order valence-corrected chi connectivity index (χ2v) is 8.61. The molecular weight excluding hydrogens is 396 g/mol. The molecule has 172 valence electrons. The van der Waals surface area contributed by atoms with Gasteiger partial charge in [0, 0.05) is 19.4 Å². The van der Waals surface area contributed by atoms with E-state index in [0.717, 1.165) is 24.2 Å². The second kappa shape index (κ2) is 12.5. The highest BCUT2D eigenvalue weighted by molar-refractivity contribution is 5.60. The van der Waals surface area contributed by atoms with Gasteiger partial charge in [0.15, 0.2) is 0 Å². The van der Waals surface area contributed by atoms with Crippen LogP contribution in [-0.2, 0) is 25.6 Å². The molecule has 0 saturated carbocycles. The van der Waals surface area contributed by atoms with Crippen LogP contribution in [0.2, 0.25) is 0 Å². The summed E-state index contributed by atoms with van der Waals surface area (Å²) in [5, 5.41) is 0. The van der Waals surface area contributed by atoms with E-state index in [1.54, 1.807) is 13.2 Å². The molecule has 0 radical (unpaired) electrons. The largest absolute Gasteiger partial charge is 0.509 e. The number of hydrogen-bond acceptors (Lipinski definition) is 6. The summed E-state index contributed by atoms with van der Waals surface area (Å²) in [7, 11) is 1.65.